The molecule has 1 aromatic rings. The molecule has 0 radical (unpaired) electrons. The molecule has 2 rings (SSSR count). The van der Waals surface area contributed by atoms with Crippen LogP contribution in [0.3, 0.4) is 0 Å². The zero-order valence-electron chi connectivity index (χ0n) is 6.24. The van der Waals surface area contributed by atoms with Gasteiger partial charge in [-0.25, -0.2) is 0 Å². The van der Waals surface area contributed by atoms with Crippen LogP contribution in [-0.2, 0) is 0 Å². The molecule has 1 heterocycles. The first-order chi connectivity index (χ1) is 5.90. The lowest BCUT2D eigenvalue weighted by molar-refractivity contribution is 1.24. The molecule has 12 heavy (non-hydrogen) atoms. The molecule has 0 fully saturated rings. The average molecular weight is 174 g/mol. The first kappa shape index (κ1) is 7.26. The summed E-state index contributed by atoms with van der Waals surface area (Å²) in [5.74, 6) is 0. The number of fused-ring (bicyclic) bond motifs is 1. The number of nitriles is 1. The number of nitrogens with zero attached hydrogens (tertiary/aromatic N) is 1. The van der Waals surface area contributed by atoms with Gasteiger partial charge in [0.05, 0.1) is 0 Å². The lowest BCUT2D eigenvalue weighted by atomic mass is 10.2. The molecule has 0 atom stereocenters. The van der Waals surface area contributed by atoms with Crippen molar-refractivity contribution in [1.82, 2.24) is 4.72 Å². The molecule has 1 aliphatic rings. The molecule has 58 valence electrons. The molecule has 0 saturated heterocycles. The molecule has 1 aromatic carbocycles. The van der Waals surface area contributed by atoms with Gasteiger partial charge < -0.3 is 4.72 Å². The standard InChI is InChI=1S/C9H6N2S/c10-6-8-5-7-3-1-2-4-9(7)12-11-8/h1-5,11H. The smallest absolute Gasteiger partial charge is 0.124 e. The molecule has 0 aromatic heterocycles. The molecule has 2 nitrogen and oxygen atoms in total. The van der Waals surface area contributed by atoms with Crippen LogP contribution >= 0.6 is 11.9 Å². The first-order valence-electron chi connectivity index (χ1n) is 3.54. The van der Waals surface area contributed by atoms with E-state index in [-0.39, 0.29) is 0 Å². The number of rotatable bonds is 0. The molecule has 0 aliphatic carbocycles. The molecule has 0 saturated carbocycles. The zero-order chi connectivity index (χ0) is 8.39. The Labute approximate surface area is 75.0 Å². The maximum absolute atomic E-state index is 8.62. The van der Waals surface area contributed by atoms with Crippen LogP contribution in [0, 0.1) is 11.3 Å². The van der Waals surface area contributed by atoms with Crippen molar-refractivity contribution < 1.29 is 0 Å². The second kappa shape index (κ2) is 2.92. The fourth-order valence-corrected chi connectivity index (χ4v) is 1.76. The molecule has 0 spiro atoms. The van der Waals surface area contributed by atoms with Crippen molar-refractivity contribution in [2.24, 2.45) is 0 Å². The summed E-state index contributed by atoms with van der Waals surface area (Å²) in [5, 5.41) is 8.62. The molecule has 3 heteroatoms. The van der Waals surface area contributed by atoms with Crippen molar-refractivity contribution in [2.75, 3.05) is 0 Å². The van der Waals surface area contributed by atoms with E-state index in [0.717, 1.165) is 10.5 Å². The summed E-state index contributed by atoms with van der Waals surface area (Å²) in [6, 6.07) is 10.1. The lowest BCUT2D eigenvalue weighted by Crippen LogP contribution is -2.05. The van der Waals surface area contributed by atoms with Gasteiger partial charge in [0.1, 0.15) is 11.8 Å². The highest BCUT2D eigenvalue weighted by Gasteiger charge is 2.07. The number of nitrogens with one attached hydrogen (secondary N) is 1. The molecule has 0 amide bonds. The number of allylic oxidation sites excluding steroid dienone is 1. The van der Waals surface area contributed by atoms with E-state index in [1.54, 1.807) is 0 Å². The SMILES string of the molecule is N#CC1=Cc2ccccc2SN1. The van der Waals surface area contributed by atoms with Crippen LogP contribution in [0.2, 0.25) is 0 Å². The summed E-state index contributed by atoms with van der Waals surface area (Å²) in [5.41, 5.74) is 1.72. The molecular formula is C9H6N2S. The monoisotopic (exact) mass is 174 g/mol. The van der Waals surface area contributed by atoms with Gasteiger partial charge in [-0.2, -0.15) is 5.26 Å². The van der Waals surface area contributed by atoms with Gasteiger partial charge in [-0.05, 0) is 29.7 Å². The quantitative estimate of drug-likeness (QED) is 0.612. The van der Waals surface area contributed by atoms with Gasteiger partial charge in [-0.15, -0.1) is 0 Å². The predicted octanol–water partition coefficient (Wildman–Crippen LogP) is 2.16. The third-order valence-electron chi connectivity index (χ3n) is 1.61. The van der Waals surface area contributed by atoms with E-state index in [4.69, 9.17) is 5.26 Å². The number of hydrogen-bond acceptors (Lipinski definition) is 3. The minimum absolute atomic E-state index is 0.610. The van der Waals surface area contributed by atoms with Crippen LogP contribution in [0.5, 0.6) is 0 Å². The van der Waals surface area contributed by atoms with Crippen molar-refractivity contribution in [3.05, 3.63) is 35.5 Å². The minimum Gasteiger partial charge on any atom is -0.317 e. The lowest BCUT2D eigenvalue weighted by Gasteiger charge is -2.12. The summed E-state index contributed by atoms with van der Waals surface area (Å²) in [6.45, 7) is 0. The normalized spacial score (nSPS) is 13.8. The summed E-state index contributed by atoms with van der Waals surface area (Å²) >= 11 is 1.48. The second-order valence-electron chi connectivity index (χ2n) is 2.41. The number of hydrogen-bond donors (Lipinski definition) is 1. The van der Waals surface area contributed by atoms with Crippen LogP contribution in [0.15, 0.2) is 34.9 Å². The van der Waals surface area contributed by atoms with E-state index in [1.165, 1.54) is 11.9 Å². The maximum atomic E-state index is 8.62. The van der Waals surface area contributed by atoms with Crippen molar-refractivity contribution in [3.63, 3.8) is 0 Å². The fourth-order valence-electron chi connectivity index (χ4n) is 1.04. The maximum Gasteiger partial charge on any atom is 0.124 e. The third-order valence-corrected chi connectivity index (χ3v) is 2.52. The molecular weight excluding hydrogens is 168 g/mol. The fraction of sp³-hybridized carbons (Fsp3) is 0. The Morgan fingerprint density at radius 1 is 1.33 bits per heavy atom. The van der Waals surface area contributed by atoms with E-state index in [1.807, 2.05) is 30.3 Å². The van der Waals surface area contributed by atoms with E-state index >= 15 is 0 Å². The highest BCUT2D eigenvalue weighted by molar-refractivity contribution is 7.97. The molecule has 0 bridgehead atoms. The van der Waals surface area contributed by atoms with Gasteiger partial charge >= 0.3 is 0 Å². The van der Waals surface area contributed by atoms with Gasteiger partial charge in [0.15, 0.2) is 0 Å². The van der Waals surface area contributed by atoms with Gasteiger partial charge in [-0.3, -0.25) is 0 Å². The third kappa shape index (κ3) is 1.17. The van der Waals surface area contributed by atoms with Gasteiger partial charge in [0.2, 0.25) is 0 Å². The van der Waals surface area contributed by atoms with Crippen LogP contribution in [0.4, 0.5) is 0 Å². The summed E-state index contributed by atoms with van der Waals surface area (Å²) in [4.78, 5) is 1.16. The van der Waals surface area contributed by atoms with Crippen molar-refractivity contribution in [1.29, 1.82) is 5.26 Å². The largest absolute Gasteiger partial charge is 0.317 e. The number of benzene rings is 1. The van der Waals surface area contributed by atoms with Gasteiger partial charge in [0.25, 0.3) is 0 Å². The van der Waals surface area contributed by atoms with Crippen molar-refractivity contribution >= 4 is 18.0 Å². The Hall–Kier alpha value is -1.40. The topological polar surface area (TPSA) is 35.8 Å². The van der Waals surface area contributed by atoms with Crippen LogP contribution in [0.1, 0.15) is 5.56 Å². The molecule has 0 unspecified atom stereocenters. The summed E-state index contributed by atoms with van der Waals surface area (Å²) in [6.07, 6.45) is 1.85. The Kier molecular flexibility index (Phi) is 1.77. The zero-order valence-corrected chi connectivity index (χ0v) is 7.06. The summed E-state index contributed by atoms with van der Waals surface area (Å²) in [7, 11) is 0. The van der Waals surface area contributed by atoms with Crippen LogP contribution in [-0.4, -0.2) is 0 Å². The first-order valence-corrected chi connectivity index (χ1v) is 4.35. The van der Waals surface area contributed by atoms with Crippen LogP contribution < -0.4 is 4.72 Å². The van der Waals surface area contributed by atoms with E-state index in [0.29, 0.717) is 5.70 Å². The van der Waals surface area contributed by atoms with Crippen LogP contribution in [0.25, 0.3) is 6.08 Å². The van der Waals surface area contributed by atoms with Crippen molar-refractivity contribution in [2.45, 2.75) is 4.90 Å². The average Bonchev–Trinajstić information content (AvgIpc) is 2.17. The molecule has 1 N–H and O–H groups in total. The van der Waals surface area contributed by atoms with E-state index in [9.17, 15) is 0 Å². The Morgan fingerprint density at radius 2 is 2.17 bits per heavy atom. The Bertz CT molecular complexity index is 376. The van der Waals surface area contributed by atoms with Gasteiger partial charge in [-0.1, -0.05) is 18.2 Å². The van der Waals surface area contributed by atoms with Crippen molar-refractivity contribution in [3.8, 4) is 6.07 Å². The van der Waals surface area contributed by atoms with E-state index in [2.05, 4.69) is 10.8 Å². The van der Waals surface area contributed by atoms with Gasteiger partial charge in [0, 0.05) is 4.90 Å². The highest BCUT2D eigenvalue weighted by atomic mass is 32.2. The predicted molar refractivity (Wildman–Crippen MR) is 49.0 cm³/mol. The minimum atomic E-state index is 0.610. The highest BCUT2D eigenvalue weighted by Crippen LogP contribution is 2.26. The Morgan fingerprint density at radius 3 is 3.00 bits per heavy atom. The molecule has 1 aliphatic heterocycles. The summed E-state index contributed by atoms with van der Waals surface area (Å²) < 4.78 is 2.94. The second-order valence-corrected chi connectivity index (χ2v) is 3.26. The Balaban J connectivity index is 2.49. The van der Waals surface area contributed by atoms with E-state index < -0.39 is 0 Å².